The van der Waals surface area contributed by atoms with Crippen molar-refractivity contribution in [2.75, 3.05) is 5.32 Å². The van der Waals surface area contributed by atoms with Crippen molar-refractivity contribution < 1.29 is 0 Å². The highest BCUT2D eigenvalue weighted by molar-refractivity contribution is 6.31. The summed E-state index contributed by atoms with van der Waals surface area (Å²) in [5.74, 6) is 0.973. The lowest BCUT2D eigenvalue weighted by Gasteiger charge is -2.38. The van der Waals surface area contributed by atoms with Gasteiger partial charge in [0.1, 0.15) is 0 Å². The predicted molar refractivity (Wildman–Crippen MR) is 94.0 cm³/mol. The first kappa shape index (κ1) is 14.2. The SMILES string of the molecule is Cc1cc(Cl)cc2c1N[C@H](c1ccc(Cl)cc1)[C@@H]1CC=C[C@@H]21. The highest BCUT2D eigenvalue weighted by atomic mass is 35.5. The number of hydrogen-bond acceptors (Lipinski definition) is 1. The molecule has 2 aromatic rings. The maximum Gasteiger partial charge on any atom is 0.0554 e. The Morgan fingerprint density at radius 1 is 1.05 bits per heavy atom. The van der Waals surface area contributed by atoms with Crippen LogP contribution in [0.3, 0.4) is 0 Å². The largest absolute Gasteiger partial charge is 0.377 e. The topological polar surface area (TPSA) is 12.0 Å². The summed E-state index contributed by atoms with van der Waals surface area (Å²) in [5, 5.41) is 5.36. The summed E-state index contributed by atoms with van der Waals surface area (Å²) in [4.78, 5) is 0. The number of aryl methyl sites for hydroxylation is 1. The van der Waals surface area contributed by atoms with Crippen LogP contribution in [0.1, 0.15) is 35.1 Å². The summed E-state index contributed by atoms with van der Waals surface area (Å²) in [6.45, 7) is 2.12. The molecule has 0 fully saturated rings. The van der Waals surface area contributed by atoms with Crippen LogP contribution in [0, 0.1) is 12.8 Å². The molecular weight excluding hydrogens is 313 g/mol. The molecule has 4 rings (SSSR count). The molecule has 2 aliphatic rings. The minimum Gasteiger partial charge on any atom is -0.377 e. The third-order valence-corrected chi connectivity index (χ3v) is 5.33. The zero-order valence-corrected chi connectivity index (χ0v) is 13.8. The van der Waals surface area contributed by atoms with E-state index in [-0.39, 0.29) is 0 Å². The van der Waals surface area contributed by atoms with Gasteiger partial charge in [-0.05, 0) is 60.2 Å². The average molecular weight is 330 g/mol. The molecule has 2 aromatic carbocycles. The van der Waals surface area contributed by atoms with Crippen molar-refractivity contribution in [3.05, 3.63) is 75.3 Å². The second-order valence-corrected chi connectivity index (χ2v) is 7.09. The lowest BCUT2D eigenvalue weighted by molar-refractivity contribution is 0.425. The first-order valence-electron chi connectivity index (χ1n) is 7.62. The van der Waals surface area contributed by atoms with E-state index in [4.69, 9.17) is 23.2 Å². The van der Waals surface area contributed by atoms with Gasteiger partial charge in [-0.1, -0.05) is 47.5 Å². The maximum absolute atomic E-state index is 6.28. The fourth-order valence-electron chi connectivity index (χ4n) is 3.84. The number of benzene rings is 2. The van der Waals surface area contributed by atoms with Gasteiger partial charge in [0.05, 0.1) is 6.04 Å². The quantitative estimate of drug-likeness (QED) is 0.620. The smallest absolute Gasteiger partial charge is 0.0554 e. The fraction of sp³-hybridized carbons (Fsp3) is 0.263. The number of fused-ring (bicyclic) bond motifs is 3. The van der Waals surface area contributed by atoms with E-state index in [0.29, 0.717) is 17.9 Å². The lowest BCUT2D eigenvalue weighted by atomic mass is 9.76. The van der Waals surface area contributed by atoms with Gasteiger partial charge < -0.3 is 5.32 Å². The molecule has 0 radical (unpaired) electrons. The van der Waals surface area contributed by atoms with Crippen LogP contribution in [0.15, 0.2) is 48.6 Å². The van der Waals surface area contributed by atoms with Crippen LogP contribution in [0.25, 0.3) is 0 Å². The summed E-state index contributed by atoms with van der Waals surface area (Å²) in [5.41, 5.74) is 5.06. The van der Waals surface area contributed by atoms with Crippen LogP contribution in [0.2, 0.25) is 10.0 Å². The van der Waals surface area contributed by atoms with Crippen molar-refractivity contribution in [1.29, 1.82) is 0 Å². The molecular formula is C19H17Cl2N. The zero-order chi connectivity index (χ0) is 15.3. The molecule has 0 saturated heterocycles. The Balaban J connectivity index is 1.82. The molecule has 0 amide bonds. The van der Waals surface area contributed by atoms with E-state index in [2.05, 4.69) is 42.6 Å². The Labute approximate surface area is 140 Å². The van der Waals surface area contributed by atoms with Gasteiger partial charge in [0.25, 0.3) is 0 Å². The fourth-order valence-corrected chi connectivity index (χ4v) is 4.25. The maximum atomic E-state index is 6.28. The van der Waals surface area contributed by atoms with Crippen LogP contribution in [0.5, 0.6) is 0 Å². The highest BCUT2D eigenvalue weighted by Crippen LogP contribution is 2.51. The molecule has 3 heteroatoms. The van der Waals surface area contributed by atoms with Gasteiger partial charge in [-0.2, -0.15) is 0 Å². The van der Waals surface area contributed by atoms with Gasteiger partial charge in [-0.15, -0.1) is 0 Å². The Morgan fingerprint density at radius 3 is 2.59 bits per heavy atom. The van der Waals surface area contributed by atoms with Crippen molar-refractivity contribution in [2.24, 2.45) is 5.92 Å². The van der Waals surface area contributed by atoms with Gasteiger partial charge >= 0.3 is 0 Å². The van der Waals surface area contributed by atoms with Crippen molar-refractivity contribution in [1.82, 2.24) is 0 Å². The summed E-state index contributed by atoms with van der Waals surface area (Å²) in [7, 11) is 0. The third kappa shape index (κ3) is 2.24. The van der Waals surface area contributed by atoms with E-state index in [1.165, 1.54) is 22.4 Å². The summed E-state index contributed by atoms with van der Waals surface area (Å²) < 4.78 is 0. The van der Waals surface area contributed by atoms with E-state index in [1.54, 1.807) is 0 Å². The van der Waals surface area contributed by atoms with E-state index >= 15 is 0 Å². The number of nitrogens with one attached hydrogen (secondary N) is 1. The molecule has 112 valence electrons. The summed E-state index contributed by atoms with van der Waals surface area (Å²) in [6, 6.07) is 12.7. The Hall–Kier alpha value is -1.44. The van der Waals surface area contributed by atoms with Crippen LogP contribution >= 0.6 is 23.2 Å². The molecule has 0 saturated carbocycles. The second kappa shape index (κ2) is 5.33. The second-order valence-electron chi connectivity index (χ2n) is 6.21. The summed E-state index contributed by atoms with van der Waals surface area (Å²) >= 11 is 12.3. The molecule has 1 aliphatic carbocycles. The molecule has 1 nitrogen and oxygen atoms in total. The standard InChI is InChI=1S/C19H17Cl2N/c1-11-9-14(21)10-17-15-3-2-4-16(15)19(22-18(11)17)12-5-7-13(20)8-6-12/h2-3,5-10,15-16,19,22H,4H2,1H3/t15-,16-,19-/m1/s1. The molecule has 22 heavy (non-hydrogen) atoms. The van der Waals surface area contributed by atoms with E-state index < -0.39 is 0 Å². The third-order valence-electron chi connectivity index (χ3n) is 4.86. The first-order chi connectivity index (χ1) is 10.6. The van der Waals surface area contributed by atoms with Gasteiger partial charge in [-0.25, -0.2) is 0 Å². The molecule has 0 unspecified atom stereocenters. The van der Waals surface area contributed by atoms with Gasteiger partial charge in [0, 0.05) is 21.7 Å². The van der Waals surface area contributed by atoms with Crippen molar-refractivity contribution in [3.63, 3.8) is 0 Å². The minimum absolute atomic E-state index is 0.310. The summed E-state index contributed by atoms with van der Waals surface area (Å²) in [6.07, 6.45) is 5.73. The van der Waals surface area contributed by atoms with Crippen molar-refractivity contribution in [3.8, 4) is 0 Å². The van der Waals surface area contributed by atoms with Crippen LogP contribution in [0.4, 0.5) is 5.69 Å². The molecule has 0 bridgehead atoms. The number of anilines is 1. The van der Waals surface area contributed by atoms with Crippen molar-refractivity contribution >= 4 is 28.9 Å². The molecule has 1 N–H and O–H groups in total. The minimum atomic E-state index is 0.310. The lowest BCUT2D eigenvalue weighted by Crippen LogP contribution is -2.29. The van der Waals surface area contributed by atoms with E-state index in [9.17, 15) is 0 Å². The number of halogens is 2. The number of hydrogen-bond donors (Lipinski definition) is 1. The van der Waals surface area contributed by atoms with Crippen LogP contribution in [-0.2, 0) is 0 Å². The Morgan fingerprint density at radius 2 is 1.82 bits per heavy atom. The van der Waals surface area contributed by atoms with Gasteiger partial charge in [-0.3, -0.25) is 0 Å². The zero-order valence-electron chi connectivity index (χ0n) is 12.3. The van der Waals surface area contributed by atoms with Crippen LogP contribution in [-0.4, -0.2) is 0 Å². The Bertz CT molecular complexity index is 749. The Kier molecular flexibility index (Phi) is 3.43. The number of rotatable bonds is 1. The first-order valence-corrected chi connectivity index (χ1v) is 8.38. The highest BCUT2D eigenvalue weighted by Gasteiger charge is 2.38. The molecule has 1 aliphatic heterocycles. The molecule has 0 aromatic heterocycles. The molecule has 3 atom stereocenters. The van der Waals surface area contributed by atoms with Crippen molar-refractivity contribution in [2.45, 2.75) is 25.3 Å². The number of allylic oxidation sites excluding steroid dienone is 2. The van der Waals surface area contributed by atoms with Gasteiger partial charge in [0.15, 0.2) is 0 Å². The molecule has 1 heterocycles. The molecule has 0 spiro atoms. The van der Waals surface area contributed by atoms with E-state index in [1.807, 2.05) is 18.2 Å². The predicted octanol–water partition coefficient (Wildman–Crippen LogP) is 6.13. The van der Waals surface area contributed by atoms with Crippen LogP contribution < -0.4 is 5.32 Å². The normalized spacial score (nSPS) is 25.5. The van der Waals surface area contributed by atoms with Gasteiger partial charge in [0.2, 0.25) is 0 Å². The van der Waals surface area contributed by atoms with E-state index in [0.717, 1.165) is 16.5 Å². The average Bonchev–Trinajstić information content (AvgIpc) is 2.97. The monoisotopic (exact) mass is 329 g/mol.